The van der Waals surface area contributed by atoms with Crippen molar-refractivity contribution in [2.45, 2.75) is 12.5 Å². The topological polar surface area (TPSA) is 53.4 Å². The van der Waals surface area contributed by atoms with E-state index in [-0.39, 0.29) is 5.91 Å². The van der Waals surface area contributed by atoms with E-state index in [0.29, 0.717) is 27.5 Å². The van der Waals surface area contributed by atoms with Crippen molar-refractivity contribution in [1.29, 1.82) is 0 Å². The molecule has 0 aliphatic carbocycles. The first-order chi connectivity index (χ1) is 12.6. The number of hydrogen-bond acceptors (Lipinski definition) is 4. The zero-order chi connectivity index (χ0) is 18.1. The molecule has 2 aliphatic heterocycles. The Balaban J connectivity index is 1.45. The first-order valence-corrected chi connectivity index (χ1v) is 9.62. The second-order valence-corrected chi connectivity index (χ2v) is 7.56. The standard InChI is InChI=1S/C18H21Cl2N5O/c19-13-1-2-17(15(20)11-13)25-8-4-16(22-25)18(26)24-7-3-14(12-24)23-9-5-21-6-10-23/h1-2,4,8,11,14,21H,3,5-7,9-10,12H2. The third-order valence-electron chi connectivity index (χ3n) is 5.08. The fourth-order valence-corrected chi connectivity index (χ4v) is 4.17. The molecule has 1 atom stereocenters. The number of nitrogens with one attached hydrogen (secondary N) is 1. The summed E-state index contributed by atoms with van der Waals surface area (Å²) < 4.78 is 1.62. The highest BCUT2D eigenvalue weighted by molar-refractivity contribution is 6.35. The Morgan fingerprint density at radius 3 is 2.73 bits per heavy atom. The Labute approximate surface area is 162 Å². The Kier molecular flexibility index (Phi) is 5.18. The molecule has 0 bridgehead atoms. The summed E-state index contributed by atoms with van der Waals surface area (Å²) in [6.07, 6.45) is 2.78. The van der Waals surface area contributed by atoms with Crippen LogP contribution in [0.2, 0.25) is 10.0 Å². The molecule has 138 valence electrons. The van der Waals surface area contributed by atoms with Crippen LogP contribution in [-0.4, -0.2) is 70.8 Å². The minimum Gasteiger partial charge on any atom is -0.336 e. The van der Waals surface area contributed by atoms with E-state index in [1.807, 2.05) is 4.90 Å². The van der Waals surface area contributed by atoms with Crippen molar-refractivity contribution < 1.29 is 4.79 Å². The summed E-state index contributed by atoms with van der Waals surface area (Å²) in [4.78, 5) is 17.2. The van der Waals surface area contributed by atoms with Crippen molar-refractivity contribution in [2.75, 3.05) is 39.3 Å². The highest BCUT2D eigenvalue weighted by Crippen LogP contribution is 2.24. The Hall–Kier alpha value is -1.60. The zero-order valence-corrected chi connectivity index (χ0v) is 15.9. The number of hydrogen-bond donors (Lipinski definition) is 1. The first-order valence-electron chi connectivity index (χ1n) is 8.87. The number of aromatic nitrogens is 2. The highest BCUT2D eigenvalue weighted by Gasteiger charge is 2.32. The molecule has 2 saturated heterocycles. The van der Waals surface area contributed by atoms with Crippen LogP contribution >= 0.6 is 23.2 Å². The number of halogens is 2. The smallest absolute Gasteiger partial charge is 0.274 e. The lowest BCUT2D eigenvalue weighted by Gasteiger charge is -2.32. The third kappa shape index (κ3) is 3.60. The molecule has 2 fully saturated rings. The molecule has 1 unspecified atom stereocenters. The van der Waals surface area contributed by atoms with Crippen LogP contribution in [0.5, 0.6) is 0 Å². The van der Waals surface area contributed by atoms with Gasteiger partial charge >= 0.3 is 0 Å². The van der Waals surface area contributed by atoms with Gasteiger partial charge in [0.2, 0.25) is 0 Å². The predicted octanol–water partition coefficient (Wildman–Crippen LogP) is 2.30. The lowest BCUT2D eigenvalue weighted by molar-refractivity contribution is 0.0767. The molecule has 8 heteroatoms. The average molecular weight is 394 g/mol. The van der Waals surface area contributed by atoms with Crippen LogP contribution in [0, 0.1) is 0 Å². The van der Waals surface area contributed by atoms with Crippen molar-refractivity contribution in [1.82, 2.24) is 24.9 Å². The summed E-state index contributed by atoms with van der Waals surface area (Å²) in [5, 5.41) is 8.87. The van der Waals surface area contributed by atoms with E-state index < -0.39 is 0 Å². The molecular formula is C18H21Cl2N5O. The summed E-state index contributed by atoms with van der Waals surface area (Å²) in [5.74, 6) is -0.0218. The minimum atomic E-state index is -0.0218. The van der Waals surface area contributed by atoms with Gasteiger partial charge in [-0.1, -0.05) is 23.2 Å². The molecule has 26 heavy (non-hydrogen) atoms. The lowest BCUT2D eigenvalue weighted by atomic mass is 10.2. The average Bonchev–Trinajstić information content (AvgIpc) is 3.32. The van der Waals surface area contributed by atoms with Crippen molar-refractivity contribution in [3.63, 3.8) is 0 Å². The van der Waals surface area contributed by atoms with Crippen molar-refractivity contribution in [3.05, 3.63) is 46.2 Å². The number of piperazine rings is 1. The molecule has 0 saturated carbocycles. The van der Waals surface area contributed by atoms with Crippen LogP contribution in [0.1, 0.15) is 16.9 Å². The lowest BCUT2D eigenvalue weighted by Crippen LogP contribution is -2.49. The summed E-state index contributed by atoms with van der Waals surface area (Å²) in [5.41, 5.74) is 1.15. The van der Waals surface area contributed by atoms with Gasteiger partial charge in [-0.2, -0.15) is 5.10 Å². The van der Waals surface area contributed by atoms with Crippen LogP contribution in [0.15, 0.2) is 30.5 Å². The zero-order valence-electron chi connectivity index (χ0n) is 14.4. The molecule has 1 aromatic heterocycles. The number of carbonyl (C=O) groups is 1. The second-order valence-electron chi connectivity index (χ2n) is 6.72. The Morgan fingerprint density at radius 1 is 1.15 bits per heavy atom. The molecule has 1 N–H and O–H groups in total. The van der Waals surface area contributed by atoms with Crippen LogP contribution in [0.3, 0.4) is 0 Å². The number of carbonyl (C=O) groups excluding carboxylic acids is 1. The van der Waals surface area contributed by atoms with Crippen LogP contribution in [0.25, 0.3) is 5.69 Å². The number of rotatable bonds is 3. The normalized spacial score (nSPS) is 21.3. The van der Waals surface area contributed by atoms with E-state index in [2.05, 4.69) is 15.3 Å². The van der Waals surface area contributed by atoms with Crippen LogP contribution in [0.4, 0.5) is 0 Å². The van der Waals surface area contributed by atoms with Crippen molar-refractivity contribution in [3.8, 4) is 5.69 Å². The number of likely N-dealkylation sites (tertiary alicyclic amines) is 1. The molecular weight excluding hydrogens is 373 g/mol. The summed E-state index contributed by atoms with van der Waals surface area (Å²) in [7, 11) is 0. The number of nitrogens with zero attached hydrogens (tertiary/aromatic N) is 4. The van der Waals surface area contributed by atoms with Crippen LogP contribution in [-0.2, 0) is 0 Å². The van der Waals surface area contributed by atoms with Gasteiger partial charge in [0, 0.05) is 56.5 Å². The number of amides is 1. The largest absolute Gasteiger partial charge is 0.336 e. The second kappa shape index (κ2) is 7.56. The minimum absolute atomic E-state index is 0.0218. The van der Waals surface area contributed by atoms with E-state index in [0.717, 1.165) is 45.7 Å². The molecule has 0 radical (unpaired) electrons. The van der Waals surface area contributed by atoms with E-state index in [1.54, 1.807) is 35.1 Å². The van der Waals surface area contributed by atoms with Gasteiger partial charge in [0.1, 0.15) is 0 Å². The molecule has 3 heterocycles. The molecule has 0 spiro atoms. The maximum Gasteiger partial charge on any atom is 0.274 e. The fraction of sp³-hybridized carbons (Fsp3) is 0.444. The van der Waals surface area contributed by atoms with Crippen LogP contribution < -0.4 is 5.32 Å². The molecule has 6 nitrogen and oxygen atoms in total. The summed E-state index contributed by atoms with van der Waals surface area (Å²) in [6.45, 7) is 5.70. The van der Waals surface area contributed by atoms with Gasteiger partial charge in [-0.15, -0.1) is 0 Å². The fourth-order valence-electron chi connectivity index (χ4n) is 3.67. The Morgan fingerprint density at radius 2 is 1.96 bits per heavy atom. The summed E-state index contributed by atoms with van der Waals surface area (Å²) >= 11 is 12.2. The molecule has 2 aliphatic rings. The quantitative estimate of drug-likeness (QED) is 0.868. The highest BCUT2D eigenvalue weighted by atomic mass is 35.5. The third-order valence-corrected chi connectivity index (χ3v) is 5.62. The van der Waals surface area contributed by atoms with Gasteiger partial charge in [-0.25, -0.2) is 4.68 Å². The number of benzene rings is 1. The van der Waals surface area contributed by atoms with Gasteiger partial charge in [0.25, 0.3) is 5.91 Å². The molecule has 4 rings (SSSR count). The van der Waals surface area contributed by atoms with Gasteiger partial charge < -0.3 is 10.2 Å². The van der Waals surface area contributed by atoms with Gasteiger partial charge in [0.15, 0.2) is 5.69 Å². The maximum atomic E-state index is 12.8. The van der Waals surface area contributed by atoms with Gasteiger partial charge in [-0.05, 0) is 30.7 Å². The maximum absolute atomic E-state index is 12.8. The molecule has 2 aromatic rings. The monoisotopic (exact) mass is 393 g/mol. The predicted molar refractivity (Wildman–Crippen MR) is 102 cm³/mol. The first kappa shape index (κ1) is 17.8. The Bertz CT molecular complexity index is 803. The van der Waals surface area contributed by atoms with E-state index in [9.17, 15) is 4.79 Å². The van der Waals surface area contributed by atoms with E-state index >= 15 is 0 Å². The van der Waals surface area contributed by atoms with E-state index in [4.69, 9.17) is 23.2 Å². The molecule has 1 amide bonds. The van der Waals surface area contributed by atoms with Crippen molar-refractivity contribution in [2.24, 2.45) is 0 Å². The van der Waals surface area contributed by atoms with Crippen molar-refractivity contribution >= 4 is 29.1 Å². The van der Waals surface area contributed by atoms with Gasteiger partial charge in [-0.3, -0.25) is 9.69 Å². The van der Waals surface area contributed by atoms with Gasteiger partial charge in [0.05, 0.1) is 10.7 Å². The SMILES string of the molecule is O=C(c1ccn(-c2ccc(Cl)cc2Cl)n1)N1CCC(N2CCNCC2)C1. The van der Waals surface area contributed by atoms with E-state index in [1.165, 1.54) is 0 Å². The summed E-state index contributed by atoms with van der Waals surface area (Å²) in [6, 6.07) is 7.41. The molecule has 1 aromatic carbocycles.